The molecule has 2 rings (SSSR count). The van der Waals surface area contributed by atoms with Gasteiger partial charge >= 0.3 is 6.18 Å². The van der Waals surface area contributed by atoms with Gasteiger partial charge in [-0.1, -0.05) is 31.5 Å². The van der Waals surface area contributed by atoms with Crippen LogP contribution < -0.4 is 15.4 Å². The first-order valence-electron chi connectivity index (χ1n) is 9.37. The van der Waals surface area contributed by atoms with Crippen molar-refractivity contribution in [1.29, 1.82) is 0 Å². The molecule has 2 aromatic carbocycles. The molecule has 0 unspecified atom stereocenters. The molecule has 0 radical (unpaired) electrons. The highest BCUT2D eigenvalue weighted by Gasteiger charge is 2.31. The maximum atomic E-state index is 12.9. The zero-order valence-electron chi connectivity index (χ0n) is 17.1. The van der Waals surface area contributed by atoms with Gasteiger partial charge in [-0.3, -0.25) is 14.3 Å². The van der Waals surface area contributed by atoms with E-state index in [0.29, 0.717) is 6.07 Å². The average Bonchev–Trinajstić information content (AvgIpc) is 2.70. The maximum Gasteiger partial charge on any atom is 0.416 e. The molecule has 0 aliphatic heterocycles. The summed E-state index contributed by atoms with van der Waals surface area (Å²) in [5.41, 5.74) is -1.45. The van der Waals surface area contributed by atoms with Gasteiger partial charge in [-0.2, -0.15) is 13.2 Å². The molecular weight excluding hydrogens is 471 g/mol. The number of hydrogen-bond donors (Lipinski definition) is 3. The van der Waals surface area contributed by atoms with Gasteiger partial charge in [0.1, 0.15) is 0 Å². The van der Waals surface area contributed by atoms with Gasteiger partial charge in [0.05, 0.1) is 21.0 Å². The number of rotatable bonds is 8. The van der Waals surface area contributed by atoms with Crippen LogP contribution in [0.4, 0.5) is 18.9 Å². The molecule has 2 aromatic rings. The highest BCUT2D eigenvalue weighted by molar-refractivity contribution is 7.92. The van der Waals surface area contributed by atoms with Crippen molar-refractivity contribution in [2.75, 3.05) is 17.8 Å². The second-order valence-electron chi connectivity index (χ2n) is 7.03. The predicted molar refractivity (Wildman–Crippen MR) is 114 cm³/mol. The van der Waals surface area contributed by atoms with E-state index in [1.165, 1.54) is 12.1 Å². The molecule has 0 saturated carbocycles. The third kappa shape index (κ3) is 6.86. The number of nitrogens with one attached hydrogen (secondary N) is 3. The van der Waals surface area contributed by atoms with E-state index in [9.17, 15) is 31.2 Å². The minimum atomic E-state index is -4.64. The zero-order valence-corrected chi connectivity index (χ0v) is 18.7. The van der Waals surface area contributed by atoms with Crippen LogP contribution in [0.2, 0.25) is 5.02 Å². The molecule has 12 heteroatoms. The van der Waals surface area contributed by atoms with E-state index >= 15 is 0 Å². The molecule has 0 atom stereocenters. The Morgan fingerprint density at radius 3 is 2.31 bits per heavy atom. The lowest BCUT2D eigenvalue weighted by Gasteiger charge is -2.13. The van der Waals surface area contributed by atoms with Gasteiger partial charge < -0.3 is 10.6 Å². The fourth-order valence-corrected chi connectivity index (χ4v) is 3.76. The Labute approximate surface area is 188 Å². The number of carbonyl (C=O) groups is 2. The molecule has 174 valence electrons. The summed E-state index contributed by atoms with van der Waals surface area (Å²) in [7, 11) is -4.31. The van der Waals surface area contributed by atoms with Crippen LogP contribution in [0, 0.1) is 5.92 Å². The van der Waals surface area contributed by atoms with Crippen LogP contribution in [0.5, 0.6) is 0 Å². The van der Waals surface area contributed by atoms with E-state index in [4.69, 9.17) is 11.6 Å². The lowest BCUT2D eigenvalue weighted by atomic mass is 10.2. The molecule has 0 heterocycles. The molecule has 3 N–H and O–H groups in total. The second-order valence-corrected chi connectivity index (χ2v) is 9.12. The zero-order chi connectivity index (χ0) is 24.1. The Bertz CT molecular complexity index is 1110. The molecule has 0 aromatic heterocycles. The predicted octanol–water partition coefficient (Wildman–Crippen LogP) is 3.66. The minimum Gasteiger partial charge on any atom is -0.354 e. The summed E-state index contributed by atoms with van der Waals surface area (Å²) in [6, 6.07) is 7.04. The van der Waals surface area contributed by atoms with Crippen molar-refractivity contribution in [3.05, 3.63) is 58.6 Å². The summed E-state index contributed by atoms with van der Waals surface area (Å²) >= 11 is 6.01. The van der Waals surface area contributed by atoms with E-state index in [1.54, 1.807) is 13.8 Å². The Morgan fingerprint density at radius 1 is 1.03 bits per heavy atom. The molecule has 0 saturated heterocycles. The van der Waals surface area contributed by atoms with Gasteiger partial charge in [-0.15, -0.1) is 0 Å². The fraction of sp³-hybridized carbons (Fsp3) is 0.300. The van der Waals surface area contributed by atoms with Gasteiger partial charge in [0.25, 0.3) is 15.9 Å². The van der Waals surface area contributed by atoms with Crippen LogP contribution in [0.1, 0.15) is 29.8 Å². The Kier molecular flexibility index (Phi) is 8.13. The number of hydrogen-bond acceptors (Lipinski definition) is 4. The summed E-state index contributed by atoms with van der Waals surface area (Å²) in [5, 5.41) is 5.10. The number of carbonyl (C=O) groups excluding carboxylic acids is 2. The van der Waals surface area contributed by atoms with E-state index in [-0.39, 0.29) is 46.1 Å². The third-order valence-corrected chi connectivity index (χ3v) is 5.88. The topological polar surface area (TPSA) is 104 Å². The van der Waals surface area contributed by atoms with Crippen molar-refractivity contribution in [1.82, 2.24) is 10.6 Å². The molecule has 0 bridgehead atoms. The quantitative estimate of drug-likeness (QED) is 0.490. The Balaban J connectivity index is 2.15. The second kappa shape index (κ2) is 10.2. The van der Waals surface area contributed by atoms with Crippen molar-refractivity contribution in [2.24, 2.45) is 5.92 Å². The third-order valence-electron chi connectivity index (χ3n) is 4.17. The largest absolute Gasteiger partial charge is 0.416 e. The smallest absolute Gasteiger partial charge is 0.354 e. The molecule has 0 fully saturated rings. The van der Waals surface area contributed by atoms with Crippen molar-refractivity contribution in [3.63, 3.8) is 0 Å². The molecular formula is C20H21ClF3N3O4S. The Hall–Kier alpha value is -2.79. The number of benzene rings is 2. The first kappa shape index (κ1) is 25.5. The lowest BCUT2D eigenvalue weighted by molar-refractivity contribution is -0.137. The standard InChI is InChI=1S/C20H21ClF3N3O4S/c1-12(2)18(28)25-8-9-26-19(29)16-11-15(6-7-17(16)21)32(30,31)27-14-5-3-4-13(10-14)20(22,23)24/h3-7,10-12,27H,8-9H2,1-2H3,(H,25,28)(H,26,29). The van der Waals surface area contributed by atoms with Crippen LogP contribution >= 0.6 is 11.6 Å². The number of alkyl halides is 3. The lowest BCUT2D eigenvalue weighted by Crippen LogP contribution is -2.36. The van der Waals surface area contributed by atoms with E-state index < -0.39 is 27.7 Å². The highest BCUT2D eigenvalue weighted by Crippen LogP contribution is 2.31. The summed E-state index contributed by atoms with van der Waals surface area (Å²) in [6.07, 6.45) is -4.64. The van der Waals surface area contributed by atoms with E-state index in [1.807, 2.05) is 0 Å². The number of anilines is 1. The van der Waals surface area contributed by atoms with Crippen LogP contribution in [-0.2, 0) is 21.0 Å². The molecule has 0 aliphatic carbocycles. The van der Waals surface area contributed by atoms with Crippen LogP contribution in [0.3, 0.4) is 0 Å². The summed E-state index contributed by atoms with van der Waals surface area (Å²) in [5.74, 6) is -1.08. The molecule has 7 nitrogen and oxygen atoms in total. The first-order chi connectivity index (χ1) is 14.8. The van der Waals surface area contributed by atoms with Crippen molar-refractivity contribution < 1.29 is 31.2 Å². The SMILES string of the molecule is CC(C)C(=O)NCCNC(=O)c1cc(S(=O)(=O)Nc2cccc(C(F)(F)F)c2)ccc1Cl. The van der Waals surface area contributed by atoms with Gasteiger partial charge in [0.2, 0.25) is 5.91 Å². The number of amides is 2. The van der Waals surface area contributed by atoms with Gasteiger partial charge in [-0.05, 0) is 36.4 Å². The van der Waals surface area contributed by atoms with Crippen molar-refractivity contribution >= 4 is 39.1 Å². The average molecular weight is 492 g/mol. The number of sulfonamides is 1. The van der Waals surface area contributed by atoms with Gasteiger partial charge in [-0.25, -0.2) is 8.42 Å². The van der Waals surface area contributed by atoms with Crippen molar-refractivity contribution in [2.45, 2.75) is 24.9 Å². The monoisotopic (exact) mass is 491 g/mol. The Morgan fingerprint density at radius 2 is 1.69 bits per heavy atom. The molecule has 0 spiro atoms. The van der Waals surface area contributed by atoms with Gasteiger partial charge in [0, 0.05) is 24.7 Å². The van der Waals surface area contributed by atoms with E-state index in [2.05, 4.69) is 15.4 Å². The normalized spacial score (nSPS) is 11.8. The van der Waals surface area contributed by atoms with E-state index in [0.717, 1.165) is 24.3 Å². The van der Waals surface area contributed by atoms with Crippen LogP contribution in [-0.4, -0.2) is 33.3 Å². The van der Waals surface area contributed by atoms with Crippen molar-refractivity contribution in [3.8, 4) is 0 Å². The molecule has 2 amide bonds. The van der Waals surface area contributed by atoms with Gasteiger partial charge in [0.15, 0.2) is 0 Å². The molecule has 32 heavy (non-hydrogen) atoms. The van der Waals surface area contributed by atoms with Crippen LogP contribution in [0.25, 0.3) is 0 Å². The number of halogens is 4. The highest BCUT2D eigenvalue weighted by atomic mass is 35.5. The fourth-order valence-electron chi connectivity index (χ4n) is 2.48. The maximum absolute atomic E-state index is 12.9. The first-order valence-corrected chi connectivity index (χ1v) is 11.2. The summed E-state index contributed by atoms with van der Waals surface area (Å²) in [4.78, 5) is 23.5. The minimum absolute atomic E-state index is 0.0215. The summed E-state index contributed by atoms with van der Waals surface area (Å²) < 4.78 is 65.9. The summed E-state index contributed by atoms with van der Waals surface area (Å²) in [6.45, 7) is 3.67. The molecule has 0 aliphatic rings. The van der Waals surface area contributed by atoms with Crippen LogP contribution in [0.15, 0.2) is 47.4 Å².